The molecular weight excluding hydrogens is 622 g/mol. The summed E-state index contributed by atoms with van der Waals surface area (Å²) in [5.74, 6) is -3.32. The van der Waals surface area contributed by atoms with Gasteiger partial charge in [0, 0.05) is 7.05 Å². The van der Waals surface area contributed by atoms with Crippen LogP contribution < -0.4 is 5.32 Å². The lowest BCUT2D eigenvalue weighted by Crippen LogP contribution is -2.63. The predicted octanol–water partition coefficient (Wildman–Crippen LogP) is 4.60. The van der Waals surface area contributed by atoms with Crippen LogP contribution in [0.2, 0.25) is 0 Å². The van der Waals surface area contributed by atoms with Gasteiger partial charge < -0.3 is 33.7 Å². The van der Waals surface area contributed by atoms with Crippen LogP contribution in [0.25, 0.3) is 0 Å². The summed E-state index contributed by atoms with van der Waals surface area (Å²) in [5.41, 5.74) is 0.625. The Morgan fingerprint density at radius 2 is 0.896 bits per heavy atom. The summed E-state index contributed by atoms with van der Waals surface area (Å²) >= 11 is 0. The second-order valence-corrected chi connectivity index (χ2v) is 10.4. The third kappa shape index (κ3) is 8.42. The minimum absolute atomic E-state index is 0.126. The first-order valence-electron chi connectivity index (χ1n) is 14.9. The van der Waals surface area contributed by atoms with Gasteiger partial charge in [0.25, 0.3) is 0 Å². The minimum Gasteiger partial charge on any atom is -0.459 e. The van der Waals surface area contributed by atoms with Crippen molar-refractivity contribution in [2.75, 3.05) is 13.7 Å². The minimum atomic E-state index is -1.72. The highest BCUT2D eigenvalue weighted by Gasteiger charge is 2.54. The zero-order chi connectivity index (χ0) is 33.9. The molecule has 48 heavy (non-hydrogen) atoms. The van der Waals surface area contributed by atoms with E-state index >= 15 is 0 Å². The molecule has 5 rings (SSSR count). The van der Waals surface area contributed by atoms with Crippen LogP contribution >= 0.6 is 0 Å². The van der Waals surface area contributed by atoms with Crippen LogP contribution in [0.15, 0.2) is 121 Å². The third-order valence-corrected chi connectivity index (χ3v) is 7.16. The second kappa shape index (κ2) is 16.0. The van der Waals surface area contributed by atoms with Gasteiger partial charge >= 0.3 is 30.0 Å². The Bertz CT molecular complexity index is 1700. The van der Waals surface area contributed by atoms with Gasteiger partial charge in [-0.05, 0) is 48.5 Å². The standard InChI is InChI=1S/C36H31NO11/c1-37-36(42)48-35-30(47-34(41)26-20-12-5-13-21-26)29(46-33(40)25-18-10-4-11-19-25)28(45-32(39)24-16-8-3-9-17-24)27(44-35)22-43-31(38)23-14-6-2-7-15-23/h2-21,27-30,35H,22H2,1H3,(H,37,42)/t27-,28-,29+,30-,35+/m1/s1. The summed E-state index contributed by atoms with van der Waals surface area (Å²) in [6.45, 7) is -0.549. The van der Waals surface area contributed by atoms with E-state index < -0.39 is 67.3 Å². The Balaban J connectivity index is 1.55. The summed E-state index contributed by atoms with van der Waals surface area (Å²) in [4.78, 5) is 65.7. The fourth-order valence-electron chi connectivity index (χ4n) is 4.79. The molecule has 1 N–H and O–H groups in total. The molecule has 1 heterocycles. The molecule has 1 saturated heterocycles. The molecule has 1 amide bonds. The van der Waals surface area contributed by atoms with Crippen molar-refractivity contribution in [3.05, 3.63) is 144 Å². The zero-order valence-electron chi connectivity index (χ0n) is 25.6. The van der Waals surface area contributed by atoms with E-state index in [1.54, 1.807) is 72.8 Å². The molecule has 4 aromatic rings. The van der Waals surface area contributed by atoms with Gasteiger partial charge in [-0.2, -0.15) is 0 Å². The summed E-state index contributed by atoms with van der Waals surface area (Å²) in [6, 6.07) is 31.9. The highest BCUT2D eigenvalue weighted by molar-refractivity contribution is 5.91. The van der Waals surface area contributed by atoms with Crippen molar-refractivity contribution < 1.29 is 52.4 Å². The number of benzene rings is 4. The lowest BCUT2D eigenvalue weighted by molar-refractivity contribution is -0.282. The maximum absolute atomic E-state index is 13.5. The smallest absolute Gasteiger partial charge is 0.409 e. The van der Waals surface area contributed by atoms with E-state index in [0.29, 0.717) is 0 Å². The average Bonchev–Trinajstić information content (AvgIpc) is 3.14. The molecule has 4 aromatic carbocycles. The van der Waals surface area contributed by atoms with Crippen LogP contribution in [-0.2, 0) is 28.4 Å². The number of alkyl carbamates (subject to hydrolysis) is 1. The van der Waals surface area contributed by atoms with Gasteiger partial charge in [-0.3, -0.25) is 0 Å². The molecule has 0 unspecified atom stereocenters. The first kappa shape index (κ1) is 33.4. The van der Waals surface area contributed by atoms with E-state index in [-0.39, 0.29) is 22.3 Å². The molecule has 12 nitrogen and oxygen atoms in total. The van der Waals surface area contributed by atoms with E-state index in [9.17, 15) is 24.0 Å². The fraction of sp³-hybridized carbons (Fsp3) is 0.194. The fourth-order valence-corrected chi connectivity index (χ4v) is 4.79. The van der Waals surface area contributed by atoms with Crippen LogP contribution in [0.1, 0.15) is 41.4 Å². The molecule has 1 fully saturated rings. The molecule has 246 valence electrons. The van der Waals surface area contributed by atoms with Crippen LogP contribution in [0.4, 0.5) is 4.79 Å². The number of rotatable bonds is 10. The zero-order valence-corrected chi connectivity index (χ0v) is 25.6. The number of carbonyl (C=O) groups excluding carboxylic acids is 5. The van der Waals surface area contributed by atoms with Crippen molar-refractivity contribution in [1.82, 2.24) is 5.32 Å². The molecule has 0 bridgehead atoms. The van der Waals surface area contributed by atoms with Gasteiger partial charge in [-0.1, -0.05) is 72.8 Å². The molecule has 0 saturated carbocycles. The SMILES string of the molecule is CNC(=O)O[C@@H]1O[C@H](COC(=O)c2ccccc2)[C@@H](OC(=O)c2ccccc2)[C@H](OC(=O)c2ccccc2)[C@H]1OC(=O)c1ccccc1. The normalized spacial score (nSPS) is 20.0. The number of hydrogen-bond acceptors (Lipinski definition) is 11. The van der Waals surface area contributed by atoms with Crippen LogP contribution in [0.3, 0.4) is 0 Å². The highest BCUT2D eigenvalue weighted by atomic mass is 16.8. The van der Waals surface area contributed by atoms with Gasteiger partial charge in [-0.15, -0.1) is 0 Å². The lowest BCUT2D eigenvalue weighted by Gasteiger charge is -2.43. The van der Waals surface area contributed by atoms with E-state index in [1.807, 2.05) is 0 Å². The van der Waals surface area contributed by atoms with Crippen molar-refractivity contribution in [1.29, 1.82) is 0 Å². The molecule has 0 radical (unpaired) electrons. The number of carbonyl (C=O) groups is 5. The largest absolute Gasteiger partial charge is 0.459 e. The van der Waals surface area contributed by atoms with Gasteiger partial charge in [0.1, 0.15) is 12.7 Å². The maximum Gasteiger partial charge on any atom is 0.409 e. The maximum atomic E-state index is 13.5. The van der Waals surface area contributed by atoms with Gasteiger partial charge in [0.05, 0.1) is 22.3 Å². The average molecular weight is 654 g/mol. The summed E-state index contributed by atoms with van der Waals surface area (Å²) < 4.78 is 34.6. The molecule has 0 aliphatic carbocycles. The first-order chi connectivity index (χ1) is 23.3. The predicted molar refractivity (Wildman–Crippen MR) is 168 cm³/mol. The molecule has 5 atom stereocenters. The molecule has 0 aromatic heterocycles. The van der Waals surface area contributed by atoms with E-state index in [1.165, 1.54) is 55.6 Å². The third-order valence-electron chi connectivity index (χ3n) is 7.16. The number of hydrogen-bond donors (Lipinski definition) is 1. The molecular formula is C36H31NO11. The van der Waals surface area contributed by atoms with E-state index in [2.05, 4.69) is 5.32 Å². The lowest BCUT2D eigenvalue weighted by atomic mass is 9.97. The highest BCUT2D eigenvalue weighted by Crippen LogP contribution is 2.32. The Labute approximate surface area is 275 Å². The Morgan fingerprint density at radius 1 is 0.521 bits per heavy atom. The van der Waals surface area contributed by atoms with Crippen molar-refractivity contribution in [2.45, 2.75) is 30.7 Å². The van der Waals surface area contributed by atoms with Crippen LogP contribution in [-0.4, -0.2) is 74.3 Å². The number of nitrogens with one attached hydrogen (secondary N) is 1. The van der Waals surface area contributed by atoms with Crippen molar-refractivity contribution in [3.8, 4) is 0 Å². The van der Waals surface area contributed by atoms with Gasteiger partial charge in [0.15, 0.2) is 12.2 Å². The summed E-state index contributed by atoms with van der Waals surface area (Å²) in [6.07, 6.45) is -8.95. The Hall–Kier alpha value is -6.01. The summed E-state index contributed by atoms with van der Waals surface area (Å²) in [7, 11) is 1.30. The second-order valence-electron chi connectivity index (χ2n) is 10.4. The van der Waals surface area contributed by atoms with Crippen molar-refractivity contribution in [3.63, 3.8) is 0 Å². The molecule has 0 spiro atoms. The number of esters is 4. The Morgan fingerprint density at radius 3 is 1.31 bits per heavy atom. The van der Waals surface area contributed by atoms with E-state index in [0.717, 1.165) is 0 Å². The van der Waals surface area contributed by atoms with E-state index in [4.69, 9.17) is 28.4 Å². The molecule has 12 heteroatoms. The number of ether oxygens (including phenoxy) is 6. The van der Waals surface area contributed by atoms with Crippen LogP contribution in [0, 0.1) is 0 Å². The summed E-state index contributed by atoms with van der Waals surface area (Å²) in [5, 5.41) is 2.29. The van der Waals surface area contributed by atoms with Gasteiger partial charge in [-0.25, -0.2) is 24.0 Å². The Kier molecular flexibility index (Phi) is 11.1. The molecule has 1 aliphatic heterocycles. The molecule has 1 aliphatic rings. The quantitative estimate of drug-likeness (QED) is 0.189. The van der Waals surface area contributed by atoms with Crippen LogP contribution in [0.5, 0.6) is 0 Å². The van der Waals surface area contributed by atoms with Crippen molar-refractivity contribution >= 4 is 30.0 Å². The van der Waals surface area contributed by atoms with Crippen molar-refractivity contribution in [2.24, 2.45) is 0 Å². The number of amides is 1. The topological polar surface area (TPSA) is 153 Å². The first-order valence-corrected chi connectivity index (χ1v) is 14.9. The van der Waals surface area contributed by atoms with Gasteiger partial charge in [0.2, 0.25) is 12.4 Å². The monoisotopic (exact) mass is 653 g/mol.